The number of hydrogen-bond donors (Lipinski definition) is 1. The minimum absolute atomic E-state index is 0.103. The Morgan fingerprint density at radius 3 is 2.51 bits per heavy atom. The number of aryl methyl sites for hydroxylation is 1. The van der Waals surface area contributed by atoms with Crippen LogP contribution in [0.25, 0.3) is 6.08 Å². The standard InChI is InChI=1S/C26H21FN2O5S/c1-3-34-25(33)23-15(2)28-26(35-23)29-21(17-10-12-18(27)13-11-17)20(22(31)24(29)32)19(30)14-9-16-7-5-4-6-8-16/h4-14,21,31H,3H2,1-2H3/b14-9+. The van der Waals surface area contributed by atoms with E-state index < -0.39 is 35.3 Å². The molecule has 1 unspecified atom stereocenters. The number of halogens is 1. The first-order valence-corrected chi connectivity index (χ1v) is 11.6. The fourth-order valence-corrected chi connectivity index (χ4v) is 4.70. The van der Waals surface area contributed by atoms with Crippen LogP contribution in [-0.4, -0.2) is 34.4 Å². The zero-order valence-electron chi connectivity index (χ0n) is 18.9. The number of aliphatic hydroxyl groups is 1. The number of carbonyl (C=O) groups excluding carboxylic acids is 3. The number of rotatable bonds is 7. The van der Waals surface area contributed by atoms with Crippen molar-refractivity contribution in [3.63, 3.8) is 0 Å². The molecule has 35 heavy (non-hydrogen) atoms. The maximum absolute atomic E-state index is 13.6. The van der Waals surface area contributed by atoms with Gasteiger partial charge in [0.2, 0.25) is 0 Å². The Labute approximate surface area is 204 Å². The zero-order valence-corrected chi connectivity index (χ0v) is 19.7. The van der Waals surface area contributed by atoms with Gasteiger partial charge in [-0.3, -0.25) is 14.5 Å². The predicted octanol–water partition coefficient (Wildman–Crippen LogP) is 4.95. The van der Waals surface area contributed by atoms with Gasteiger partial charge in [-0.1, -0.05) is 59.9 Å². The van der Waals surface area contributed by atoms with Gasteiger partial charge in [-0.15, -0.1) is 0 Å². The number of thiazole rings is 1. The SMILES string of the molecule is CCOC(=O)c1sc(N2C(=O)C(O)=C(C(=O)/C=C/c3ccccc3)C2c2ccc(F)cc2)nc1C. The Bertz CT molecular complexity index is 1350. The third kappa shape index (κ3) is 4.76. The second-order valence-corrected chi connectivity index (χ2v) is 8.61. The number of hydrogen-bond acceptors (Lipinski definition) is 7. The zero-order chi connectivity index (χ0) is 25.1. The van der Waals surface area contributed by atoms with E-state index in [0.717, 1.165) is 21.8 Å². The predicted molar refractivity (Wildman–Crippen MR) is 130 cm³/mol. The van der Waals surface area contributed by atoms with Gasteiger partial charge in [0.05, 0.1) is 23.9 Å². The molecule has 4 rings (SSSR count). The van der Waals surface area contributed by atoms with Crippen molar-refractivity contribution in [2.24, 2.45) is 0 Å². The summed E-state index contributed by atoms with van der Waals surface area (Å²) in [4.78, 5) is 44.4. The fraction of sp³-hybridized carbons (Fsp3) is 0.154. The Hall–Kier alpha value is -4.11. The highest BCUT2D eigenvalue weighted by Gasteiger charge is 2.45. The summed E-state index contributed by atoms with van der Waals surface area (Å²) in [5.74, 6) is -3.25. The number of nitrogens with zero attached hydrogens (tertiary/aromatic N) is 2. The topological polar surface area (TPSA) is 96.8 Å². The first kappa shape index (κ1) is 24.0. The molecular weight excluding hydrogens is 471 g/mol. The van der Waals surface area contributed by atoms with Crippen LogP contribution in [0.2, 0.25) is 0 Å². The van der Waals surface area contributed by atoms with Gasteiger partial charge in [0.15, 0.2) is 16.7 Å². The lowest BCUT2D eigenvalue weighted by atomic mass is 9.95. The van der Waals surface area contributed by atoms with Crippen molar-refractivity contribution in [3.8, 4) is 0 Å². The Morgan fingerprint density at radius 1 is 1.17 bits per heavy atom. The molecule has 9 heteroatoms. The number of ether oxygens (including phenoxy) is 1. The van der Waals surface area contributed by atoms with Gasteiger partial charge >= 0.3 is 5.97 Å². The summed E-state index contributed by atoms with van der Waals surface area (Å²) >= 11 is 0.914. The summed E-state index contributed by atoms with van der Waals surface area (Å²) in [5.41, 5.74) is 1.33. The third-order valence-corrected chi connectivity index (χ3v) is 6.48. The van der Waals surface area contributed by atoms with Gasteiger partial charge in [-0.05, 0) is 43.2 Å². The van der Waals surface area contributed by atoms with E-state index in [4.69, 9.17) is 4.74 Å². The highest BCUT2D eigenvalue weighted by Crippen LogP contribution is 2.43. The largest absolute Gasteiger partial charge is 0.503 e. The van der Waals surface area contributed by atoms with Crippen molar-refractivity contribution in [2.45, 2.75) is 19.9 Å². The van der Waals surface area contributed by atoms with Crippen LogP contribution in [0.5, 0.6) is 0 Å². The van der Waals surface area contributed by atoms with Crippen molar-refractivity contribution in [1.82, 2.24) is 4.98 Å². The maximum atomic E-state index is 13.6. The van der Waals surface area contributed by atoms with Crippen molar-refractivity contribution >= 4 is 40.2 Å². The highest BCUT2D eigenvalue weighted by molar-refractivity contribution is 7.17. The number of allylic oxidation sites excluding steroid dienone is 1. The van der Waals surface area contributed by atoms with Gasteiger partial charge in [-0.2, -0.15) is 0 Å². The van der Waals surface area contributed by atoms with E-state index in [9.17, 15) is 23.9 Å². The van der Waals surface area contributed by atoms with Crippen LogP contribution in [0, 0.1) is 12.7 Å². The summed E-state index contributed by atoms with van der Waals surface area (Å²) < 4.78 is 18.7. The highest BCUT2D eigenvalue weighted by atomic mass is 32.1. The lowest BCUT2D eigenvalue weighted by molar-refractivity contribution is -0.117. The third-order valence-electron chi connectivity index (χ3n) is 5.34. The molecule has 0 aliphatic carbocycles. The Balaban J connectivity index is 1.78. The summed E-state index contributed by atoms with van der Waals surface area (Å²) in [5, 5.41) is 10.9. The number of carbonyl (C=O) groups is 3. The van der Waals surface area contributed by atoms with Crippen LogP contribution < -0.4 is 4.90 Å². The molecule has 2 heterocycles. The molecule has 3 aromatic rings. The van der Waals surface area contributed by atoms with Gasteiger partial charge < -0.3 is 9.84 Å². The molecule has 178 valence electrons. The average Bonchev–Trinajstić information content (AvgIpc) is 3.36. The first-order chi connectivity index (χ1) is 16.8. The molecule has 0 saturated carbocycles. The van der Waals surface area contributed by atoms with Crippen molar-refractivity contribution in [2.75, 3.05) is 11.5 Å². The molecule has 0 saturated heterocycles. The molecule has 1 atom stereocenters. The monoisotopic (exact) mass is 492 g/mol. The molecule has 0 spiro atoms. The minimum Gasteiger partial charge on any atom is -0.503 e. The van der Waals surface area contributed by atoms with Gasteiger partial charge in [0.1, 0.15) is 10.7 Å². The minimum atomic E-state index is -1.07. The van der Waals surface area contributed by atoms with Crippen LogP contribution in [0.15, 0.2) is 72.0 Å². The number of anilines is 1. The van der Waals surface area contributed by atoms with Gasteiger partial charge in [-0.25, -0.2) is 14.2 Å². The van der Waals surface area contributed by atoms with E-state index in [1.807, 2.05) is 18.2 Å². The molecular formula is C26H21FN2O5S. The van der Waals surface area contributed by atoms with Crippen LogP contribution in [-0.2, 0) is 14.3 Å². The number of ketones is 1. The van der Waals surface area contributed by atoms with Gasteiger partial charge in [0, 0.05) is 0 Å². The van der Waals surface area contributed by atoms with E-state index >= 15 is 0 Å². The average molecular weight is 493 g/mol. The number of esters is 1. The number of amides is 1. The molecule has 1 N–H and O–H groups in total. The van der Waals surface area contributed by atoms with Gasteiger partial charge in [0.25, 0.3) is 5.91 Å². The number of benzene rings is 2. The van der Waals surface area contributed by atoms with Crippen LogP contribution >= 0.6 is 11.3 Å². The van der Waals surface area contributed by atoms with Crippen LogP contribution in [0.4, 0.5) is 9.52 Å². The van der Waals surface area contributed by atoms with Crippen LogP contribution in [0.1, 0.15) is 39.5 Å². The molecule has 0 bridgehead atoms. The van der Waals surface area contributed by atoms with E-state index in [1.165, 1.54) is 30.3 Å². The molecule has 0 radical (unpaired) electrons. The molecule has 1 amide bonds. The van der Waals surface area contributed by atoms with E-state index in [1.54, 1.807) is 32.1 Å². The lowest BCUT2D eigenvalue weighted by Gasteiger charge is -2.24. The smallest absolute Gasteiger partial charge is 0.350 e. The molecule has 2 aromatic carbocycles. The van der Waals surface area contributed by atoms with Crippen molar-refractivity contribution in [1.29, 1.82) is 0 Å². The summed E-state index contributed by atoms with van der Waals surface area (Å²) in [6.07, 6.45) is 2.84. The molecule has 0 fully saturated rings. The number of aliphatic hydroxyl groups excluding tert-OH is 1. The summed E-state index contributed by atoms with van der Waals surface area (Å²) in [7, 11) is 0. The molecule has 7 nitrogen and oxygen atoms in total. The first-order valence-electron chi connectivity index (χ1n) is 10.8. The second kappa shape index (κ2) is 10.0. The molecule has 1 aliphatic heterocycles. The van der Waals surface area contributed by atoms with Crippen LogP contribution in [0.3, 0.4) is 0 Å². The lowest BCUT2D eigenvalue weighted by Crippen LogP contribution is -2.30. The fourth-order valence-electron chi connectivity index (χ4n) is 3.71. The van der Waals surface area contributed by atoms with E-state index in [2.05, 4.69) is 4.98 Å². The van der Waals surface area contributed by atoms with Crippen molar-refractivity contribution in [3.05, 3.63) is 99.5 Å². The Kier molecular flexibility index (Phi) is 6.88. The van der Waals surface area contributed by atoms with Crippen molar-refractivity contribution < 1.29 is 28.6 Å². The second-order valence-electron chi connectivity index (χ2n) is 7.63. The summed E-state index contributed by atoms with van der Waals surface area (Å²) in [6, 6.07) is 13.3. The van der Waals surface area contributed by atoms with E-state index in [0.29, 0.717) is 11.3 Å². The Morgan fingerprint density at radius 2 is 1.86 bits per heavy atom. The maximum Gasteiger partial charge on any atom is 0.350 e. The quantitative estimate of drug-likeness (QED) is 0.370. The summed E-state index contributed by atoms with van der Waals surface area (Å²) in [6.45, 7) is 3.44. The molecule has 1 aliphatic rings. The normalized spacial score (nSPS) is 15.8. The number of aromatic nitrogens is 1. The van der Waals surface area contributed by atoms with E-state index in [-0.39, 0.29) is 22.2 Å². The molecule has 1 aromatic heterocycles.